The number of rotatable bonds is 4. The van der Waals surface area contributed by atoms with Crippen LogP contribution in [0.4, 0.5) is 5.82 Å². The molecule has 0 aromatic carbocycles. The Morgan fingerprint density at radius 1 is 1.43 bits per heavy atom. The van der Waals surface area contributed by atoms with Crippen LogP contribution in [0.15, 0.2) is 12.4 Å². The maximum Gasteiger partial charge on any atom is 0.225 e. The number of nitrogens with zero attached hydrogens (tertiary/aromatic N) is 3. The highest BCUT2D eigenvalue weighted by atomic mass is 16.2. The van der Waals surface area contributed by atoms with Gasteiger partial charge in [0, 0.05) is 30.5 Å². The average molecular weight is 290 g/mol. The number of anilines is 1. The Morgan fingerprint density at radius 2 is 2.10 bits per heavy atom. The van der Waals surface area contributed by atoms with E-state index >= 15 is 0 Å². The molecular weight excluding hydrogens is 264 g/mol. The third kappa shape index (κ3) is 3.71. The summed E-state index contributed by atoms with van der Waals surface area (Å²) in [5.41, 5.74) is 1.03. The largest absolute Gasteiger partial charge is 0.364 e. The van der Waals surface area contributed by atoms with Gasteiger partial charge in [0.25, 0.3) is 0 Å². The quantitative estimate of drug-likeness (QED) is 0.925. The molecule has 1 aliphatic rings. The second kappa shape index (κ2) is 6.00. The molecule has 0 aliphatic carbocycles. The van der Waals surface area contributed by atoms with Gasteiger partial charge in [-0.15, -0.1) is 0 Å². The number of carbonyl (C=O) groups excluding carboxylic acids is 1. The first-order chi connectivity index (χ1) is 9.81. The molecule has 1 N–H and O–H groups in total. The van der Waals surface area contributed by atoms with Crippen molar-refractivity contribution in [3.63, 3.8) is 0 Å². The van der Waals surface area contributed by atoms with Gasteiger partial charge in [0.05, 0.1) is 11.7 Å². The summed E-state index contributed by atoms with van der Waals surface area (Å²) in [6, 6.07) is 2.29. The van der Waals surface area contributed by atoms with Gasteiger partial charge in [-0.05, 0) is 6.42 Å². The van der Waals surface area contributed by atoms with Gasteiger partial charge < -0.3 is 10.2 Å². The molecule has 1 amide bonds. The lowest BCUT2D eigenvalue weighted by atomic mass is 9.92. The average Bonchev–Trinajstić information content (AvgIpc) is 2.40. The van der Waals surface area contributed by atoms with E-state index in [1.54, 1.807) is 6.33 Å². The Balaban J connectivity index is 1.90. The molecule has 1 aliphatic heterocycles. The van der Waals surface area contributed by atoms with E-state index in [2.05, 4.69) is 36.1 Å². The smallest absolute Gasteiger partial charge is 0.225 e. The van der Waals surface area contributed by atoms with Gasteiger partial charge in [0.15, 0.2) is 0 Å². The molecule has 1 aromatic heterocycles. The van der Waals surface area contributed by atoms with Crippen molar-refractivity contribution in [3.8, 4) is 0 Å². The van der Waals surface area contributed by atoms with Gasteiger partial charge in [-0.2, -0.15) is 0 Å². The summed E-state index contributed by atoms with van der Waals surface area (Å²) < 4.78 is 0. The van der Waals surface area contributed by atoms with Crippen LogP contribution < -0.4 is 5.32 Å². The summed E-state index contributed by atoms with van der Waals surface area (Å²) in [4.78, 5) is 22.5. The third-order valence-corrected chi connectivity index (χ3v) is 4.01. The monoisotopic (exact) mass is 290 g/mol. The van der Waals surface area contributed by atoms with E-state index in [9.17, 15) is 4.79 Å². The van der Waals surface area contributed by atoms with Crippen molar-refractivity contribution in [3.05, 3.63) is 18.1 Å². The molecule has 1 saturated heterocycles. The Kier molecular flexibility index (Phi) is 4.49. The molecule has 0 radical (unpaired) electrons. The van der Waals surface area contributed by atoms with Crippen LogP contribution >= 0.6 is 0 Å². The SMILES string of the molecule is CCC(C)C(=O)N1CC(Nc2cc(C(C)(C)C)ncn2)C1. The van der Waals surface area contributed by atoms with Crippen LogP contribution in [0, 0.1) is 5.92 Å². The summed E-state index contributed by atoms with van der Waals surface area (Å²) in [7, 11) is 0. The van der Waals surface area contributed by atoms with Crippen molar-refractivity contribution in [2.45, 2.75) is 52.5 Å². The Morgan fingerprint density at radius 3 is 2.67 bits per heavy atom. The van der Waals surface area contributed by atoms with Crippen molar-refractivity contribution < 1.29 is 4.79 Å². The first-order valence-electron chi connectivity index (χ1n) is 7.69. The zero-order chi connectivity index (χ0) is 15.6. The van der Waals surface area contributed by atoms with Crippen molar-refractivity contribution in [2.75, 3.05) is 18.4 Å². The molecule has 2 rings (SSSR count). The van der Waals surface area contributed by atoms with Gasteiger partial charge in [0.1, 0.15) is 12.1 Å². The van der Waals surface area contributed by atoms with Crippen molar-refractivity contribution in [1.29, 1.82) is 0 Å². The highest BCUT2D eigenvalue weighted by Gasteiger charge is 2.32. The zero-order valence-corrected chi connectivity index (χ0v) is 13.7. The van der Waals surface area contributed by atoms with Crippen LogP contribution in [0.3, 0.4) is 0 Å². The first kappa shape index (κ1) is 15.7. The molecule has 21 heavy (non-hydrogen) atoms. The van der Waals surface area contributed by atoms with Crippen molar-refractivity contribution in [2.24, 2.45) is 5.92 Å². The topological polar surface area (TPSA) is 58.1 Å². The summed E-state index contributed by atoms with van der Waals surface area (Å²) in [6.07, 6.45) is 2.50. The van der Waals surface area contributed by atoms with Crippen LogP contribution in [0.1, 0.15) is 46.7 Å². The van der Waals surface area contributed by atoms with Gasteiger partial charge in [-0.25, -0.2) is 9.97 Å². The third-order valence-electron chi connectivity index (χ3n) is 4.01. The Bertz CT molecular complexity index is 503. The molecule has 0 saturated carbocycles. The number of likely N-dealkylation sites (tertiary alicyclic amines) is 1. The molecule has 5 heteroatoms. The molecule has 0 spiro atoms. The fraction of sp³-hybridized carbons (Fsp3) is 0.688. The van der Waals surface area contributed by atoms with E-state index in [1.807, 2.05) is 24.8 Å². The van der Waals surface area contributed by atoms with Crippen LogP contribution in [0.5, 0.6) is 0 Å². The molecule has 1 unspecified atom stereocenters. The van der Waals surface area contributed by atoms with E-state index < -0.39 is 0 Å². The van der Waals surface area contributed by atoms with E-state index in [-0.39, 0.29) is 17.2 Å². The number of hydrogen-bond acceptors (Lipinski definition) is 4. The molecule has 2 heterocycles. The highest BCUT2D eigenvalue weighted by molar-refractivity contribution is 5.79. The van der Waals surface area contributed by atoms with E-state index in [4.69, 9.17) is 0 Å². The second-order valence-electron chi connectivity index (χ2n) is 6.93. The van der Waals surface area contributed by atoms with Gasteiger partial charge in [-0.1, -0.05) is 34.6 Å². The lowest BCUT2D eigenvalue weighted by Crippen LogP contribution is -2.58. The van der Waals surface area contributed by atoms with Gasteiger partial charge >= 0.3 is 0 Å². The number of aromatic nitrogens is 2. The van der Waals surface area contributed by atoms with Crippen LogP contribution in [-0.4, -0.2) is 39.9 Å². The minimum absolute atomic E-state index is 0.0115. The standard InChI is InChI=1S/C16H26N4O/c1-6-11(2)15(21)20-8-12(9-20)19-14-7-13(16(3,4)5)17-10-18-14/h7,10-12H,6,8-9H2,1-5H3,(H,17,18,19). The predicted octanol–water partition coefficient (Wildman–Crippen LogP) is 2.44. The lowest BCUT2D eigenvalue weighted by Gasteiger charge is -2.41. The lowest BCUT2D eigenvalue weighted by molar-refractivity contribution is -0.139. The van der Waals surface area contributed by atoms with Crippen molar-refractivity contribution in [1.82, 2.24) is 14.9 Å². The minimum Gasteiger partial charge on any atom is -0.364 e. The number of nitrogens with one attached hydrogen (secondary N) is 1. The molecule has 116 valence electrons. The van der Waals surface area contributed by atoms with Gasteiger partial charge in [0.2, 0.25) is 5.91 Å². The summed E-state index contributed by atoms with van der Waals surface area (Å²) in [5.74, 6) is 1.22. The molecule has 1 atom stereocenters. The maximum absolute atomic E-state index is 12.0. The number of hydrogen-bond donors (Lipinski definition) is 1. The van der Waals surface area contributed by atoms with Crippen LogP contribution in [-0.2, 0) is 10.2 Å². The molecular formula is C16H26N4O. The van der Waals surface area contributed by atoms with E-state index in [0.29, 0.717) is 6.04 Å². The minimum atomic E-state index is 0.0115. The molecule has 1 fully saturated rings. The molecule has 1 aromatic rings. The Hall–Kier alpha value is -1.65. The second-order valence-corrected chi connectivity index (χ2v) is 6.93. The first-order valence-corrected chi connectivity index (χ1v) is 7.69. The van der Waals surface area contributed by atoms with E-state index in [0.717, 1.165) is 31.0 Å². The zero-order valence-electron chi connectivity index (χ0n) is 13.7. The number of amides is 1. The van der Waals surface area contributed by atoms with E-state index in [1.165, 1.54) is 0 Å². The van der Waals surface area contributed by atoms with Crippen molar-refractivity contribution >= 4 is 11.7 Å². The highest BCUT2D eigenvalue weighted by Crippen LogP contribution is 2.22. The predicted molar refractivity (Wildman–Crippen MR) is 84.2 cm³/mol. The molecule has 0 bridgehead atoms. The summed E-state index contributed by atoms with van der Waals surface area (Å²) >= 11 is 0. The summed E-state index contributed by atoms with van der Waals surface area (Å²) in [6.45, 7) is 12.0. The maximum atomic E-state index is 12.0. The fourth-order valence-corrected chi connectivity index (χ4v) is 2.29. The van der Waals surface area contributed by atoms with Crippen LogP contribution in [0.2, 0.25) is 0 Å². The number of carbonyl (C=O) groups is 1. The van der Waals surface area contributed by atoms with Gasteiger partial charge in [-0.3, -0.25) is 4.79 Å². The Labute approximate surface area is 127 Å². The normalized spacial score (nSPS) is 17.3. The summed E-state index contributed by atoms with van der Waals surface area (Å²) in [5, 5.41) is 3.39. The van der Waals surface area contributed by atoms with Crippen LogP contribution in [0.25, 0.3) is 0 Å². The molecule has 5 nitrogen and oxygen atoms in total. The fourth-order valence-electron chi connectivity index (χ4n) is 2.29.